The van der Waals surface area contributed by atoms with Crippen LogP contribution in [0, 0.1) is 0 Å². The van der Waals surface area contributed by atoms with Crippen molar-refractivity contribution in [2.45, 2.75) is 31.5 Å². The summed E-state index contributed by atoms with van der Waals surface area (Å²) < 4.78 is 15.9. The standard InChI is InChI=1S/C13H21NO6/c15-12(3-6-18-9-10-2-1-5-19-10)14-4-7-20-11(8-14)13(16)17/h10-11H,1-9H2,(H,16,17)/t10-,11+/m0/s1. The quantitative estimate of drug-likeness (QED) is 0.686. The lowest BCUT2D eigenvalue weighted by atomic mass is 10.2. The van der Waals surface area contributed by atoms with Crippen LogP contribution < -0.4 is 0 Å². The van der Waals surface area contributed by atoms with E-state index in [0.717, 1.165) is 19.4 Å². The van der Waals surface area contributed by atoms with Crippen molar-refractivity contribution in [3.05, 3.63) is 0 Å². The molecular formula is C13H21NO6. The van der Waals surface area contributed by atoms with Gasteiger partial charge in [-0.15, -0.1) is 0 Å². The van der Waals surface area contributed by atoms with Gasteiger partial charge in [0.2, 0.25) is 5.91 Å². The lowest BCUT2D eigenvalue weighted by molar-refractivity contribution is -0.159. The number of rotatable bonds is 6. The summed E-state index contributed by atoms with van der Waals surface area (Å²) in [7, 11) is 0. The van der Waals surface area contributed by atoms with Crippen LogP contribution >= 0.6 is 0 Å². The van der Waals surface area contributed by atoms with Crippen LogP contribution in [0.5, 0.6) is 0 Å². The van der Waals surface area contributed by atoms with Crippen LogP contribution in [0.3, 0.4) is 0 Å². The van der Waals surface area contributed by atoms with Crippen molar-refractivity contribution >= 4 is 11.9 Å². The summed E-state index contributed by atoms with van der Waals surface area (Å²) in [6.07, 6.45) is 1.58. The average Bonchev–Trinajstić information content (AvgIpc) is 2.96. The molecule has 7 nitrogen and oxygen atoms in total. The molecule has 1 N–H and O–H groups in total. The second-order valence-corrected chi connectivity index (χ2v) is 5.00. The molecule has 7 heteroatoms. The number of nitrogens with zero attached hydrogens (tertiary/aromatic N) is 1. The third-order valence-electron chi connectivity index (χ3n) is 3.48. The van der Waals surface area contributed by atoms with Gasteiger partial charge in [0.25, 0.3) is 0 Å². The highest BCUT2D eigenvalue weighted by atomic mass is 16.5. The lowest BCUT2D eigenvalue weighted by Crippen LogP contribution is -2.48. The van der Waals surface area contributed by atoms with Gasteiger partial charge in [0.05, 0.1) is 38.9 Å². The number of carbonyl (C=O) groups excluding carboxylic acids is 1. The maximum absolute atomic E-state index is 11.9. The Kier molecular flexibility index (Phi) is 5.75. The van der Waals surface area contributed by atoms with Crippen LogP contribution in [-0.2, 0) is 23.8 Å². The normalized spacial score (nSPS) is 26.7. The van der Waals surface area contributed by atoms with Crippen molar-refractivity contribution in [1.82, 2.24) is 4.90 Å². The third-order valence-corrected chi connectivity index (χ3v) is 3.48. The zero-order chi connectivity index (χ0) is 14.4. The van der Waals surface area contributed by atoms with Gasteiger partial charge in [-0.1, -0.05) is 0 Å². The molecule has 0 spiro atoms. The molecule has 2 saturated heterocycles. The molecule has 0 radical (unpaired) electrons. The van der Waals surface area contributed by atoms with E-state index in [4.69, 9.17) is 19.3 Å². The van der Waals surface area contributed by atoms with Gasteiger partial charge in [-0.2, -0.15) is 0 Å². The Hall–Kier alpha value is -1.18. The van der Waals surface area contributed by atoms with E-state index in [0.29, 0.717) is 19.8 Å². The molecule has 2 aliphatic rings. The lowest BCUT2D eigenvalue weighted by Gasteiger charge is -2.30. The molecule has 114 valence electrons. The van der Waals surface area contributed by atoms with Gasteiger partial charge in [0, 0.05) is 13.2 Å². The van der Waals surface area contributed by atoms with Crippen LogP contribution in [0.25, 0.3) is 0 Å². The number of carboxylic acids is 1. The van der Waals surface area contributed by atoms with Gasteiger partial charge in [-0.3, -0.25) is 4.79 Å². The van der Waals surface area contributed by atoms with E-state index in [1.54, 1.807) is 0 Å². The molecule has 1 amide bonds. The second-order valence-electron chi connectivity index (χ2n) is 5.00. The fourth-order valence-electron chi connectivity index (χ4n) is 2.33. The fraction of sp³-hybridized carbons (Fsp3) is 0.846. The number of ether oxygens (including phenoxy) is 3. The van der Waals surface area contributed by atoms with Crippen molar-refractivity contribution in [3.8, 4) is 0 Å². The molecule has 2 fully saturated rings. The van der Waals surface area contributed by atoms with E-state index < -0.39 is 12.1 Å². The first kappa shape index (κ1) is 15.2. The third kappa shape index (κ3) is 4.43. The molecule has 2 aliphatic heterocycles. The minimum Gasteiger partial charge on any atom is -0.479 e. The van der Waals surface area contributed by atoms with Crippen molar-refractivity contribution in [2.24, 2.45) is 0 Å². The first-order valence-corrected chi connectivity index (χ1v) is 6.98. The van der Waals surface area contributed by atoms with Crippen LogP contribution in [0.1, 0.15) is 19.3 Å². The second kappa shape index (κ2) is 7.56. The molecule has 0 aromatic heterocycles. The number of aliphatic carboxylic acids is 1. The summed E-state index contributed by atoms with van der Waals surface area (Å²) in [5.41, 5.74) is 0. The summed E-state index contributed by atoms with van der Waals surface area (Å²) in [6, 6.07) is 0. The fourth-order valence-corrected chi connectivity index (χ4v) is 2.33. The topological polar surface area (TPSA) is 85.3 Å². The van der Waals surface area contributed by atoms with Gasteiger partial charge in [-0.25, -0.2) is 4.79 Å². The molecule has 2 rings (SSSR count). The molecule has 0 unspecified atom stereocenters. The molecule has 0 saturated carbocycles. The highest BCUT2D eigenvalue weighted by Crippen LogP contribution is 2.12. The number of morpholine rings is 1. The molecular weight excluding hydrogens is 266 g/mol. The van der Waals surface area contributed by atoms with Gasteiger partial charge >= 0.3 is 5.97 Å². The van der Waals surface area contributed by atoms with Crippen LogP contribution in [0.2, 0.25) is 0 Å². The summed E-state index contributed by atoms with van der Waals surface area (Å²) in [5.74, 6) is -1.12. The zero-order valence-corrected chi connectivity index (χ0v) is 11.5. The molecule has 0 aliphatic carbocycles. The molecule has 2 atom stereocenters. The van der Waals surface area contributed by atoms with E-state index in [1.165, 1.54) is 4.90 Å². The predicted octanol–water partition coefficient (Wildman–Crippen LogP) is -0.116. The SMILES string of the molecule is O=C(O)[C@H]1CN(C(=O)CCOC[C@@H]2CCCO2)CCO1. The highest BCUT2D eigenvalue weighted by Gasteiger charge is 2.28. The Labute approximate surface area is 117 Å². The van der Waals surface area contributed by atoms with Crippen molar-refractivity contribution in [3.63, 3.8) is 0 Å². The minimum atomic E-state index is -1.03. The number of hydrogen-bond donors (Lipinski definition) is 1. The zero-order valence-electron chi connectivity index (χ0n) is 11.5. The highest BCUT2D eigenvalue weighted by molar-refractivity contribution is 5.78. The van der Waals surface area contributed by atoms with Crippen LogP contribution in [-0.4, -0.2) is 73.6 Å². The summed E-state index contributed by atoms with van der Waals surface area (Å²) in [4.78, 5) is 24.3. The first-order valence-electron chi connectivity index (χ1n) is 6.98. The van der Waals surface area contributed by atoms with E-state index in [9.17, 15) is 9.59 Å². The summed E-state index contributed by atoms with van der Waals surface area (Å²) >= 11 is 0. The van der Waals surface area contributed by atoms with Gasteiger partial charge in [0.1, 0.15) is 0 Å². The van der Waals surface area contributed by atoms with E-state index >= 15 is 0 Å². The number of amides is 1. The van der Waals surface area contributed by atoms with Crippen molar-refractivity contribution < 1.29 is 28.9 Å². The first-order chi connectivity index (χ1) is 9.66. The number of hydrogen-bond acceptors (Lipinski definition) is 5. The van der Waals surface area contributed by atoms with Crippen molar-refractivity contribution in [2.75, 3.05) is 39.5 Å². The molecule has 2 heterocycles. The molecule has 0 aromatic carbocycles. The molecule has 0 aromatic rings. The van der Waals surface area contributed by atoms with E-state index in [1.807, 2.05) is 0 Å². The maximum Gasteiger partial charge on any atom is 0.334 e. The monoisotopic (exact) mass is 287 g/mol. The summed E-state index contributed by atoms with van der Waals surface area (Å²) in [5, 5.41) is 8.87. The predicted molar refractivity (Wildman–Crippen MR) is 68.4 cm³/mol. The Morgan fingerprint density at radius 3 is 2.85 bits per heavy atom. The Balaban J connectivity index is 1.62. The van der Waals surface area contributed by atoms with Gasteiger partial charge in [0.15, 0.2) is 6.10 Å². The van der Waals surface area contributed by atoms with E-state index in [-0.39, 0.29) is 31.6 Å². The molecule has 20 heavy (non-hydrogen) atoms. The largest absolute Gasteiger partial charge is 0.479 e. The van der Waals surface area contributed by atoms with Gasteiger partial charge in [-0.05, 0) is 12.8 Å². The summed E-state index contributed by atoms with van der Waals surface area (Å²) in [6.45, 7) is 2.47. The van der Waals surface area contributed by atoms with Gasteiger partial charge < -0.3 is 24.2 Å². The minimum absolute atomic E-state index is 0.0908. The Morgan fingerprint density at radius 2 is 2.15 bits per heavy atom. The smallest absolute Gasteiger partial charge is 0.334 e. The Bertz CT molecular complexity index is 342. The van der Waals surface area contributed by atoms with Crippen molar-refractivity contribution in [1.29, 1.82) is 0 Å². The molecule has 0 bridgehead atoms. The number of carbonyl (C=O) groups is 2. The van der Waals surface area contributed by atoms with E-state index in [2.05, 4.69) is 0 Å². The maximum atomic E-state index is 11.9. The van der Waals surface area contributed by atoms with Crippen LogP contribution in [0.4, 0.5) is 0 Å². The average molecular weight is 287 g/mol. The Morgan fingerprint density at radius 1 is 1.30 bits per heavy atom. The number of carboxylic acid groups (broad SMARTS) is 1. The van der Waals surface area contributed by atoms with Crippen LogP contribution in [0.15, 0.2) is 0 Å².